The molecule has 0 radical (unpaired) electrons. The van der Waals surface area contributed by atoms with E-state index in [2.05, 4.69) is 10.6 Å². The Labute approximate surface area is 105 Å². The van der Waals surface area contributed by atoms with Gasteiger partial charge in [0.2, 0.25) is 5.91 Å². The second kappa shape index (κ2) is 10.9. The van der Waals surface area contributed by atoms with Crippen LogP contribution in [0.4, 0.5) is 0 Å². The molecule has 0 saturated heterocycles. The van der Waals surface area contributed by atoms with Crippen LogP contribution in [-0.4, -0.2) is 31.3 Å². The van der Waals surface area contributed by atoms with Gasteiger partial charge in [0.15, 0.2) is 0 Å². The molecule has 0 aromatic carbocycles. The number of Topliss-reactive ketones (excluding diaryl/α,β-unsaturated/α-hetero) is 1. The molecule has 0 atom stereocenters. The average molecular weight is 318 g/mol. The van der Waals surface area contributed by atoms with Crippen molar-refractivity contribution in [1.29, 1.82) is 0 Å². The van der Waals surface area contributed by atoms with E-state index >= 15 is 0 Å². The summed E-state index contributed by atoms with van der Waals surface area (Å²) in [5, 5.41) is 5.81. The number of hydrogen-bond acceptors (Lipinski definition) is 3. The van der Waals surface area contributed by atoms with Gasteiger partial charge in [-0.25, -0.2) is 0 Å². The van der Waals surface area contributed by atoms with Gasteiger partial charge >= 0.3 is 0 Å². The van der Waals surface area contributed by atoms with Gasteiger partial charge in [-0.15, -0.1) is 24.0 Å². The highest BCUT2D eigenvalue weighted by molar-refractivity contribution is 14.0. The summed E-state index contributed by atoms with van der Waals surface area (Å²) >= 11 is 0. The first-order chi connectivity index (χ1) is 6.16. The van der Waals surface area contributed by atoms with E-state index in [1.165, 1.54) is 6.92 Å². The maximum absolute atomic E-state index is 11.0. The van der Waals surface area contributed by atoms with Crippen molar-refractivity contribution in [3.63, 3.8) is 0 Å². The molecule has 0 aliphatic rings. The van der Waals surface area contributed by atoms with E-state index in [4.69, 9.17) is 0 Å². The van der Waals surface area contributed by atoms with Crippen LogP contribution >= 0.6 is 24.0 Å². The molecule has 1 amide bonds. The minimum Gasteiger partial charge on any atom is -0.355 e. The zero-order valence-corrected chi connectivity index (χ0v) is 11.1. The third kappa shape index (κ3) is 11.8. The summed E-state index contributed by atoms with van der Waals surface area (Å²) in [6, 6.07) is 0. The highest BCUT2D eigenvalue weighted by Crippen LogP contribution is 1.88. The molecular formula is C9H23IN2O2. The molecule has 14 heavy (non-hydrogen) atoms. The second-order valence-corrected chi connectivity index (χ2v) is 2.91. The fourth-order valence-electron chi connectivity index (χ4n) is 0.845. The van der Waals surface area contributed by atoms with E-state index in [1.54, 1.807) is 0 Å². The minimum atomic E-state index is -0.0481. The number of carbonyl (C=O) groups is 2. The smallest absolute Gasteiger partial charge is 0.220 e. The van der Waals surface area contributed by atoms with Gasteiger partial charge in [0.05, 0.1) is 0 Å². The zero-order valence-electron chi connectivity index (χ0n) is 8.76. The summed E-state index contributed by atoms with van der Waals surface area (Å²) < 4.78 is 0. The first-order valence-corrected chi connectivity index (χ1v) is 4.63. The lowest BCUT2D eigenvalue weighted by molar-refractivity contribution is -0.124. The van der Waals surface area contributed by atoms with Crippen molar-refractivity contribution in [2.24, 2.45) is 0 Å². The standard InChI is InChI=1S/C9H18N2O2.HI.2H2/c1-3-10-6-7-11-9(13)5-4-8(2)12;;;/h10H,3-7H2,1-2H3,(H,11,13);3*1H. The Morgan fingerprint density at radius 1 is 1.21 bits per heavy atom. The van der Waals surface area contributed by atoms with Crippen LogP contribution in [0.5, 0.6) is 0 Å². The Morgan fingerprint density at radius 3 is 2.36 bits per heavy atom. The molecule has 0 aliphatic heterocycles. The highest BCUT2D eigenvalue weighted by atomic mass is 127. The van der Waals surface area contributed by atoms with Crippen LogP contribution in [0.3, 0.4) is 0 Å². The average Bonchev–Trinajstić information content (AvgIpc) is 2.09. The molecule has 5 heteroatoms. The van der Waals surface area contributed by atoms with Gasteiger partial charge in [-0.3, -0.25) is 4.79 Å². The molecule has 0 unspecified atom stereocenters. The molecule has 4 nitrogen and oxygen atoms in total. The number of rotatable bonds is 7. The number of hydrogen-bond donors (Lipinski definition) is 2. The monoisotopic (exact) mass is 318 g/mol. The van der Waals surface area contributed by atoms with Gasteiger partial charge in [0.25, 0.3) is 0 Å². The maximum Gasteiger partial charge on any atom is 0.220 e. The lowest BCUT2D eigenvalue weighted by atomic mass is 10.2. The summed E-state index contributed by atoms with van der Waals surface area (Å²) in [6.07, 6.45) is 0.647. The Balaban J connectivity index is -0.000000240. The summed E-state index contributed by atoms with van der Waals surface area (Å²) in [4.78, 5) is 21.6. The van der Waals surface area contributed by atoms with Crippen LogP contribution < -0.4 is 10.6 Å². The fraction of sp³-hybridized carbons (Fsp3) is 0.778. The van der Waals surface area contributed by atoms with Crippen LogP contribution in [0.1, 0.15) is 29.5 Å². The molecule has 0 heterocycles. The SMILES string of the molecule is CCNCCNC(=O)CCC(C)=O.I.[HH].[HH]. The highest BCUT2D eigenvalue weighted by Gasteiger charge is 2.01. The molecule has 0 aromatic heterocycles. The topological polar surface area (TPSA) is 58.2 Å². The van der Waals surface area contributed by atoms with Crippen LogP contribution in [0.2, 0.25) is 0 Å². The van der Waals surface area contributed by atoms with Gasteiger partial charge in [-0.2, -0.15) is 0 Å². The number of nitrogens with one attached hydrogen (secondary N) is 2. The van der Waals surface area contributed by atoms with E-state index < -0.39 is 0 Å². The van der Waals surface area contributed by atoms with Gasteiger partial charge in [-0.1, -0.05) is 6.92 Å². The van der Waals surface area contributed by atoms with Crippen LogP contribution in [0, 0.1) is 0 Å². The Hall–Kier alpha value is -0.170. The Kier molecular flexibility index (Phi) is 12.7. The van der Waals surface area contributed by atoms with E-state index in [0.717, 1.165) is 13.1 Å². The van der Waals surface area contributed by atoms with Crippen molar-refractivity contribution in [2.45, 2.75) is 26.7 Å². The molecule has 0 fully saturated rings. The summed E-state index contributed by atoms with van der Waals surface area (Å²) in [6.45, 7) is 5.82. The lowest BCUT2D eigenvalue weighted by Crippen LogP contribution is -2.31. The van der Waals surface area contributed by atoms with Crippen molar-refractivity contribution in [1.82, 2.24) is 10.6 Å². The van der Waals surface area contributed by atoms with Crippen LogP contribution in [0.25, 0.3) is 0 Å². The van der Waals surface area contributed by atoms with Crippen LogP contribution in [-0.2, 0) is 9.59 Å². The van der Waals surface area contributed by atoms with Gasteiger partial charge in [0.1, 0.15) is 5.78 Å². The molecule has 0 aliphatic carbocycles. The minimum absolute atomic E-state index is 0. The van der Waals surface area contributed by atoms with Gasteiger partial charge in [0, 0.05) is 28.8 Å². The summed E-state index contributed by atoms with van der Waals surface area (Å²) in [5.41, 5.74) is 0. The van der Waals surface area contributed by atoms with Crippen molar-refractivity contribution >= 4 is 35.7 Å². The number of halogens is 1. The van der Waals surface area contributed by atoms with Gasteiger partial charge < -0.3 is 15.4 Å². The summed E-state index contributed by atoms with van der Waals surface area (Å²) in [7, 11) is 0. The quantitative estimate of drug-likeness (QED) is 0.548. The first-order valence-electron chi connectivity index (χ1n) is 4.63. The number of carbonyl (C=O) groups excluding carboxylic acids is 2. The molecule has 0 saturated carbocycles. The zero-order chi connectivity index (χ0) is 10.1. The Bertz CT molecular complexity index is 183. The van der Waals surface area contributed by atoms with Crippen LogP contribution in [0.15, 0.2) is 0 Å². The summed E-state index contributed by atoms with van der Waals surface area (Å²) in [5.74, 6) is 0.00920. The molecular weight excluding hydrogens is 295 g/mol. The van der Waals surface area contributed by atoms with Crippen molar-refractivity contribution in [3.05, 3.63) is 0 Å². The number of ketones is 1. The third-order valence-electron chi connectivity index (χ3n) is 1.58. The predicted molar refractivity (Wildman–Crippen MR) is 71.1 cm³/mol. The maximum atomic E-state index is 11.0. The van der Waals surface area contributed by atoms with Crippen molar-refractivity contribution in [2.75, 3.05) is 19.6 Å². The molecule has 2 N–H and O–H groups in total. The second-order valence-electron chi connectivity index (χ2n) is 2.91. The third-order valence-corrected chi connectivity index (χ3v) is 1.58. The first kappa shape index (κ1) is 16.3. The van der Waals surface area contributed by atoms with E-state index in [1.807, 2.05) is 6.92 Å². The van der Waals surface area contributed by atoms with E-state index in [0.29, 0.717) is 19.4 Å². The predicted octanol–water partition coefficient (Wildman–Crippen LogP) is 1.19. The number of likely N-dealkylation sites (N-methyl/N-ethyl adjacent to an activating group) is 1. The molecule has 88 valence electrons. The molecule has 0 rings (SSSR count). The number of amides is 1. The van der Waals surface area contributed by atoms with Crippen molar-refractivity contribution < 1.29 is 12.4 Å². The van der Waals surface area contributed by atoms with Crippen molar-refractivity contribution in [3.8, 4) is 0 Å². The fourth-order valence-corrected chi connectivity index (χ4v) is 0.845. The molecule has 0 bridgehead atoms. The molecule has 0 spiro atoms. The van der Waals surface area contributed by atoms with E-state index in [-0.39, 0.29) is 38.5 Å². The normalized spacial score (nSPS) is 9.00. The van der Waals surface area contributed by atoms with E-state index in [9.17, 15) is 9.59 Å². The van der Waals surface area contributed by atoms with Gasteiger partial charge in [-0.05, 0) is 13.5 Å². The Morgan fingerprint density at radius 2 is 1.86 bits per heavy atom. The largest absolute Gasteiger partial charge is 0.355 e. The molecule has 0 aromatic rings. The lowest BCUT2D eigenvalue weighted by Gasteiger charge is -2.04.